The summed E-state index contributed by atoms with van der Waals surface area (Å²) in [7, 11) is 0. The van der Waals surface area contributed by atoms with Gasteiger partial charge in [-0.05, 0) is 67.6 Å². The van der Waals surface area contributed by atoms with Crippen molar-refractivity contribution >= 4 is 22.6 Å². The topological polar surface area (TPSA) is 107 Å². The van der Waals surface area contributed by atoms with Crippen LogP contribution in [0.1, 0.15) is 79.0 Å². The molecule has 0 aliphatic carbocycles. The van der Waals surface area contributed by atoms with Crippen molar-refractivity contribution in [2.45, 2.75) is 77.2 Å². The lowest BCUT2D eigenvalue weighted by atomic mass is 9.85. The highest BCUT2D eigenvalue weighted by atomic mass is 16.5. The molecule has 2 fully saturated rings. The second-order valence-corrected chi connectivity index (χ2v) is 13.3. The van der Waals surface area contributed by atoms with Crippen LogP contribution >= 0.6 is 0 Å². The zero-order valence-electron chi connectivity index (χ0n) is 26.1. The number of aromatic carboxylic acids is 1. The summed E-state index contributed by atoms with van der Waals surface area (Å²) in [6.07, 6.45) is 8.88. The molecular formula is C35H40N6O4. The van der Waals surface area contributed by atoms with Crippen LogP contribution in [0, 0.1) is 0 Å². The highest BCUT2D eigenvalue weighted by Crippen LogP contribution is 2.34. The molecule has 6 heterocycles. The van der Waals surface area contributed by atoms with E-state index in [1.807, 2.05) is 41.1 Å². The molecule has 7 rings (SSSR count). The Morgan fingerprint density at radius 1 is 1.09 bits per heavy atom. The number of hydrogen-bond donors (Lipinski definition) is 1. The summed E-state index contributed by atoms with van der Waals surface area (Å²) < 4.78 is 16.1. The Balaban J connectivity index is 1.05. The maximum absolute atomic E-state index is 12.1. The zero-order valence-corrected chi connectivity index (χ0v) is 26.1. The largest absolute Gasteiger partial charge is 0.478 e. The van der Waals surface area contributed by atoms with Gasteiger partial charge in [-0.2, -0.15) is 0 Å². The summed E-state index contributed by atoms with van der Waals surface area (Å²) >= 11 is 0. The van der Waals surface area contributed by atoms with E-state index in [0.717, 1.165) is 78.3 Å². The van der Waals surface area contributed by atoms with Gasteiger partial charge >= 0.3 is 5.97 Å². The van der Waals surface area contributed by atoms with Gasteiger partial charge in [0.2, 0.25) is 5.88 Å². The molecule has 1 atom stereocenters. The lowest BCUT2D eigenvalue weighted by Crippen LogP contribution is -2.35. The molecule has 5 aromatic rings. The fraction of sp³-hybridized carbons (Fsp3) is 0.429. The molecule has 4 aromatic heterocycles. The summed E-state index contributed by atoms with van der Waals surface area (Å²) in [5.41, 5.74) is 5.83. The third kappa shape index (κ3) is 6.17. The number of ether oxygens (including phenoxy) is 2. The number of nitrogens with zero attached hydrogens (tertiary/aromatic N) is 6. The van der Waals surface area contributed by atoms with Crippen LogP contribution in [0.5, 0.6) is 5.88 Å². The number of imidazole rings is 2. The summed E-state index contributed by atoms with van der Waals surface area (Å²) in [4.78, 5) is 28.9. The van der Waals surface area contributed by atoms with E-state index in [4.69, 9.17) is 19.4 Å². The van der Waals surface area contributed by atoms with Crippen LogP contribution in [0.25, 0.3) is 16.7 Å². The van der Waals surface area contributed by atoms with Crippen LogP contribution in [0.3, 0.4) is 0 Å². The normalized spacial score (nSPS) is 18.0. The van der Waals surface area contributed by atoms with Crippen LogP contribution in [0.15, 0.2) is 61.1 Å². The third-order valence-corrected chi connectivity index (χ3v) is 9.12. The van der Waals surface area contributed by atoms with Gasteiger partial charge in [0, 0.05) is 48.4 Å². The number of rotatable bonds is 9. The lowest BCUT2D eigenvalue weighted by Gasteiger charge is -2.32. The van der Waals surface area contributed by atoms with E-state index < -0.39 is 5.97 Å². The standard InChI is InChI=1S/C35H40N6O4/c1-35(2,3)27-17-25(34(42)43)18-29-33(27)38-31(41(29)20-26-11-16-44-26)21-39-13-9-24(10-14-39)28-5-4-6-32(37-28)45-22-23-7-8-30-36-12-15-40(30)19-23/h4-8,12,15,17-19,24,26H,9-11,13-14,16,20-22H2,1-3H3,(H,42,43)/t26-/m0/s1. The highest BCUT2D eigenvalue weighted by molar-refractivity contribution is 5.94. The van der Waals surface area contributed by atoms with Crippen molar-refractivity contribution in [2.75, 3.05) is 19.7 Å². The van der Waals surface area contributed by atoms with Gasteiger partial charge < -0.3 is 23.5 Å². The smallest absolute Gasteiger partial charge is 0.335 e. The number of likely N-dealkylation sites (tertiary alicyclic amines) is 1. The minimum absolute atomic E-state index is 0.132. The second kappa shape index (κ2) is 11.9. The molecule has 2 saturated heterocycles. The average Bonchev–Trinajstić information content (AvgIpc) is 3.61. The predicted molar refractivity (Wildman–Crippen MR) is 171 cm³/mol. The first kappa shape index (κ1) is 29.4. The quantitative estimate of drug-likeness (QED) is 0.223. The molecule has 2 aliphatic rings. The number of aromatic nitrogens is 5. The molecule has 0 unspecified atom stereocenters. The van der Waals surface area contributed by atoms with E-state index in [0.29, 0.717) is 37.1 Å². The summed E-state index contributed by atoms with van der Waals surface area (Å²) in [6.45, 7) is 10.8. The Hall–Kier alpha value is -4.28. The Morgan fingerprint density at radius 3 is 2.64 bits per heavy atom. The third-order valence-electron chi connectivity index (χ3n) is 9.12. The fourth-order valence-electron chi connectivity index (χ4n) is 6.46. The van der Waals surface area contributed by atoms with E-state index in [1.54, 1.807) is 18.3 Å². The monoisotopic (exact) mass is 608 g/mol. The average molecular weight is 609 g/mol. The van der Waals surface area contributed by atoms with E-state index in [1.165, 1.54) is 0 Å². The Labute approximate surface area is 262 Å². The molecule has 0 amide bonds. The van der Waals surface area contributed by atoms with Crippen LogP contribution in [0.4, 0.5) is 0 Å². The molecule has 2 aliphatic heterocycles. The predicted octanol–water partition coefficient (Wildman–Crippen LogP) is 5.82. The molecule has 0 saturated carbocycles. The Kier molecular flexibility index (Phi) is 7.79. The first-order valence-electron chi connectivity index (χ1n) is 15.8. The summed E-state index contributed by atoms with van der Waals surface area (Å²) in [5.74, 6) is 1.05. The van der Waals surface area contributed by atoms with Crippen molar-refractivity contribution in [1.82, 2.24) is 28.8 Å². The number of fused-ring (bicyclic) bond motifs is 2. The molecule has 234 valence electrons. The maximum atomic E-state index is 12.1. The molecule has 0 radical (unpaired) electrons. The number of pyridine rings is 2. The van der Waals surface area contributed by atoms with Gasteiger partial charge in [0.1, 0.15) is 18.1 Å². The van der Waals surface area contributed by atoms with Crippen molar-refractivity contribution < 1.29 is 19.4 Å². The Bertz CT molecular complexity index is 1840. The summed E-state index contributed by atoms with van der Waals surface area (Å²) in [6, 6.07) is 13.7. The van der Waals surface area contributed by atoms with Crippen LogP contribution < -0.4 is 4.74 Å². The number of hydrogen-bond acceptors (Lipinski definition) is 7. The summed E-state index contributed by atoms with van der Waals surface area (Å²) in [5, 5.41) is 9.90. The fourth-order valence-corrected chi connectivity index (χ4v) is 6.46. The van der Waals surface area contributed by atoms with E-state index in [2.05, 4.69) is 41.3 Å². The van der Waals surface area contributed by atoms with Crippen molar-refractivity contribution in [3.8, 4) is 5.88 Å². The van der Waals surface area contributed by atoms with Crippen molar-refractivity contribution in [3.05, 3.63) is 89.3 Å². The molecule has 45 heavy (non-hydrogen) atoms. The maximum Gasteiger partial charge on any atom is 0.335 e. The first-order valence-corrected chi connectivity index (χ1v) is 15.8. The van der Waals surface area contributed by atoms with Crippen LogP contribution in [-0.2, 0) is 29.8 Å². The Morgan fingerprint density at radius 2 is 1.91 bits per heavy atom. The SMILES string of the molecule is CC(C)(C)c1cc(C(=O)O)cc2c1nc(CN1CCC(c3cccc(OCc4ccc5nccn5c4)n3)CC1)n2C[C@@H]1CCO1. The molecule has 1 N–H and O–H groups in total. The van der Waals surface area contributed by atoms with Gasteiger partial charge in [0.05, 0.1) is 35.8 Å². The van der Waals surface area contributed by atoms with E-state index in [9.17, 15) is 9.90 Å². The van der Waals surface area contributed by atoms with Crippen molar-refractivity contribution in [1.29, 1.82) is 0 Å². The second-order valence-electron chi connectivity index (χ2n) is 13.3. The van der Waals surface area contributed by atoms with Gasteiger partial charge in [0.15, 0.2) is 0 Å². The van der Waals surface area contributed by atoms with Gasteiger partial charge in [-0.15, -0.1) is 0 Å². The van der Waals surface area contributed by atoms with Crippen molar-refractivity contribution in [2.24, 2.45) is 0 Å². The van der Waals surface area contributed by atoms with Crippen molar-refractivity contribution in [3.63, 3.8) is 0 Å². The number of carbonyl (C=O) groups is 1. The van der Waals surface area contributed by atoms with E-state index in [-0.39, 0.29) is 11.5 Å². The zero-order chi connectivity index (χ0) is 31.1. The van der Waals surface area contributed by atoms with Gasteiger partial charge in [-0.3, -0.25) is 4.90 Å². The highest BCUT2D eigenvalue weighted by Gasteiger charge is 2.29. The minimum atomic E-state index is -0.919. The number of carboxylic acids is 1. The molecule has 10 heteroatoms. The van der Waals surface area contributed by atoms with Gasteiger partial charge in [0.25, 0.3) is 0 Å². The first-order chi connectivity index (χ1) is 21.7. The lowest BCUT2D eigenvalue weighted by molar-refractivity contribution is -0.0592. The molecule has 0 spiro atoms. The van der Waals surface area contributed by atoms with Crippen LogP contribution in [0.2, 0.25) is 0 Å². The molecular weight excluding hydrogens is 568 g/mol. The van der Waals surface area contributed by atoms with Gasteiger partial charge in [-0.25, -0.2) is 19.7 Å². The van der Waals surface area contributed by atoms with Gasteiger partial charge in [-0.1, -0.05) is 32.9 Å². The molecule has 1 aromatic carbocycles. The molecule has 0 bridgehead atoms. The van der Waals surface area contributed by atoms with E-state index >= 15 is 0 Å². The van der Waals surface area contributed by atoms with Crippen LogP contribution in [-0.4, -0.2) is 65.7 Å². The minimum Gasteiger partial charge on any atom is -0.478 e. The number of carboxylic acid groups (broad SMARTS) is 1. The number of piperidine rings is 1. The number of benzene rings is 1. The molecule has 10 nitrogen and oxygen atoms in total.